The van der Waals surface area contributed by atoms with Crippen LogP contribution in [0.25, 0.3) is 11.3 Å². The molecule has 8 nitrogen and oxygen atoms in total. The van der Waals surface area contributed by atoms with Gasteiger partial charge >= 0.3 is 0 Å². The fraction of sp³-hybridized carbons (Fsp3) is 0.294. The molecule has 0 bridgehead atoms. The molecule has 1 unspecified atom stereocenters. The number of hydrogen-bond acceptors (Lipinski definition) is 8. The van der Waals surface area contributed by atoms with E-state index in [2.05, 4.69) is 20.8 Å². The van der Waals surface area contributed by atoms with Crippen LogP contribution in [0.5, 0.6) is 5.75 Å². The Morgan fingerprint density at radius 3 is 2.80 bits per heavy atom. The van der Waals surface area contributed by atoms with Crippen LogP contribution in [0.4, 0.5) is 5.88 Å². The topological polar surface area (TPSA) is 107 Å². The first-order valence-electron chi connectivity index (χ1n) is 7.81. The van der Waals surface area contributed by atoms with Gasteiger partial charge in [-0.15, -0.1) is 0 Å². The average molecular weight is 343 g/mol. The standard InChI is InChI=1S/C17H21N5O3/c1-23-10-8-17(18)19-9-7-15(21-17)20-16-11-14(22-25-16)12-3-5-13(24-2)6-4-12/h3-7,9,11,20-21H,8,10,18H2,1-2H3. The van der Waals surface area contributed by atoms with Crippen LogP contribution in [0.3, 0.4) is 0 Å². The monoisotopic (exact) mass is 343 g/mol. The second-order valence-electron chi connectivity index (χ2n) is 5.58. The lowest BCUT2D eigenvalue weighted by Gasteiger charge is -2.30. The molecule has 1 aromatic carbocycles. The average Bonchev–Trinajstić information content (AvgIpc) is 3.08. The number of allylic oxidation sites excluding steroid dienone is 1. The highest BCUT2D eigenvalue weighted by Crippen LogP contribution is 2.24. The third kappa shape index (κ3) is 4.17. The lowest BCUT2D eigenvalue weighted by molar-refractivity contribution is 0.162. The van der Waals surface area contributed by atoms with Crippen molar-refractivity contribution in [2.24, 2.45) is 10.7 Å². The van der Waals surface area contributed by atoms with Crippen molar-refractivity contribution in [3.63, 3.8) is 0 Å². The summed E-state index contributed by atoms with van der Waals surface area (Å²) in [6, 6.07) is 9.39. The molecule has 1 atom stereocenters. The van der Waals surface area contributed by atoms with Gasteiger partial charge in [0, 0.05) is 31.4 Å². The molecule has 0 saturated carbocycles. The molecular formula is C17H21N5O3. The van der Waals surface area contributed by atoms with E-state index in [4.69, 9.17) is 19.7 Å². The third-order valence-electron chi connectivity index (χ3n) is 3.74. The third-order valence-corrected chi connectivity index (χ3v) is 3.74. The van der Waals surface area contributed by atoms with Crippen molar-refractivity contribution in [1.29, 1.82) is 0 Å². The Morgan fingerprint density at radius 2 is 2.08 bits per heavy atom. The smallest absolute Gasteiger partial charge is 0.230 e. The first-order valence-corrected chi connectivity index (χ1v) is 7.81. The van der Waals surface area contributed by atoms with E-state index in [0.29, 0.717) is 30.4 Å². The summed E-state index contributed by atoms with van der Waals surface area (Å²) in [7, 11) is 3.26. The molecule has 0 fully saturated rings. The van der Waals surface area contributed by atoms with E-state index in [1.807, 2.05) is 30.3 Å². The van der Waals surface area contributed by atoms with Gasteiger partial charge in [0.05, 0.1) is 13.7 Å². The van der Waals surface area contributed by atoms with Crippen LogP contribution in [-0.2, 0) is 4.74 Å². The van der Waals surface area contributed by atoms with E-state index in [0.717, 1.165) is 11.3 Å². The number of rotatable bonds is 7. The maximum absolute atomic E-state index is 6.18. The van der Waals surface area contributed by atoms with E-state index in [9.17, 15) is 0 Å². The quantitative estimate of drug-likeness (QED) is 0.705. The number of benzene rings is 1. The molecular weight excluding hydrogens is 322 g/mol. The highest BCUT2D eigenvalue weighted by molar-refractivity contribution is 5.75. The lowest BCUT2D eigenvalue weighted by Crippen LogP contribution is -2.54. The minimum Gasteiger partial charge on any atom is -0.497 e. The van der Waals surface area contributed by atoms with Crippen LogP contribution in [0, 0.1) is 0 Å². The van der Waals surface area contributed by atoms with E-state index in [-0.39, 0.29) is 0 Å². The number of nitrogens with zero attached hydrogens (tertiary/aromatic N) is 2. The number of methoxy groups -OCH3 is 2. The highest BCUT2D eigenvalue weighted by Gasteiger charge is 2.26. The predicted octanol–water partition coefficient (Wildman–Crippen LogP) is 1.93. The normalized spacial score (nSPS) is 19.2. The molecule has 4 N–H and O–H groups in total. The second kappa shape index (κ2) is 7.37. The van der Waals surface area contributed by atoms with Gasteiger partial charge in [0.15, 0.2) is 5.79 Å². The molecule has 2 aromatic rings. The molecule has 0 aliphatic carbocycles. The summed E-state index contributed by atoms with van der Waals surface area (Å²) < 4.78 is 15.6. The molecule has 0 saturated heterocycles. The fourth-order valence-corrected chi connectivity index (χ4v) is 2.37. The van der Waals surface area contributed by atoms with Gasteiger partial charge in [-0.3, -0.25) is 10.7 Å². The van der Waals surface area contributed by atoms with Gasteiger partial charge in [0.1, 0.15) is 17.3 Å². The largest absolute Gasteiger partial charge is 0.497 e. The van der Waals surface area contributed by atoms with E-state index < -0.39 is 5.79 Å². The van der Waals surface area contributed by atoms with Gasteiger partial charge in [0.2, 0.25) is 5.88 Å². The van der Waals surface area contributed by atoms with Crippen LogP contribution < -0.4 is 21.1 Å². The molecule has 0 spiro atoms. The zero-order chi connectivity index (χ0) is 17.7. The number of anilines is 1. The van der Waals surface area contributed by atoms with Gasteiger partial charge in [0.25, 0.3) is 0 Å². The zero-order valence-electron chi connectivity index (χ0n) is 14.2. The fourth-order valence-electron chi connectivity index (χ4n) is 2.37. The van der Waals surface area contributed by atoms with Crippen LogP contribution in [0.1, 0.15) is 6.42 Å². The Labute approximate surface area is 145 Å². The number of aromatic nitrogens is 1. The molecule has 1 aliphatic rings. The Hall–Kier alpha value is -2.84. The Morgan fingerprint density at radius 1 is 1.28 bits per heavy atom. The van der Waals surface area contributed by atoms with Crippen LogP contribution in [0.15, 0.2) is 51.7 Å². The van der Waals surface area contributed by atoms with Crippen LogP contribution in [0.2, 0.25) is 0 Å². The molecule has 1 aromatic heterocycles. The van der Waals surface area contributed by atoms with E-state index in [1.165, 1.54) is 0 Å². The van der Waals surface area contributed by atoms with Crippen molar-refractivity contribution in [3.05, 3.63) is 42.2 Å². The predicted molar refractivity (Wildman–Crippen MR) is 95.2 cm³/mol. The highest BCUT2D eigenvalue weighted by atomic mass is 16.5. The number of nitrogens with two attached hydrogens (primary N) is 1. The summed E-state index contributed by atoms with van der Waals surface area (Å²) in [5, 5.41) is 10.3. The van der Waals surface area contributed by atoms with Crippen molar-refractivity contribution >= 4 is 12.1 Å². The van der Waals surface area contributed by atoms with E-state index >= 15 is 0 Å². The van der Waals surface area contributed by atoms with Crippen LogP contribution >= 0.6 is 0 Å². The molecule has 132 valence electrons. The number of ether oxygens (including phenoxy) is 2. The maximum atomic E-state index is 6.18. The summed E-state index contributed by atoms with van der Waals surface area (Å²) in [5.74, 6) is 1.04. The van der Waals surface area contributed by atoms with Crippen molar-refractivity contribution in [2.75, 3.05) is 26.1 Å². The first-order chi connectivity index (χ1) is 12.1. The van der Waals surface area contributed by atoms with Gasteiger partial charge in [-0.05, 0) is 30.3 Å². The number of nitrogens with one attached hydrogen (secondary N) is 2. The molecule has 25 heavy (non-hydrogen) atoms. The minimum atomic E-state index is -0.911. The summed E-state index contributed by atoms with van der Waals surface area (Å²) >= 11 is 0. The molecule has 0 radical (unpaired) electrons. The molecule has 3 rings (SSSR count). The molecule has 8 heteroatoms. The Kier molecular flexibility index (Phi) is 5.01. The second-order valence-corrected chi connectivity index (χ2v) is 5.58. The van der Waals surface area contributed by atoms with Crippen LogP contribution in [-0.4, -0.2) is 38.0 Å². The van der Waals surface area contributed by atoms with Gasteiger partial charge in [-0.1, -0.05) is 5.16 Å². The van der Waals surface area contributed by atoms with Gasteiger partial charge in [-0.2, -0.15) is 0 Å². The first kappa shape index (κ1) is 17.0. The summed E-state index contributed by atoms with van der Waals surface area (Å²) in [6.07, 6.45) is 3.95. The Balaban J connectivity index is 1.67. The van der Waals surface area contributed by atoms with Crippen molar-refractivity contribution < 1.29 is 14.0 Å². The maximum Gasteiger partial charge on any atom is 0.230 e. The summed E-state index contributed by atoms with van der Waals surface area (Å²) in [4.78, 5) is 4.25. The van der Waals surface area contributed by atoms with Crippen molar-refractivity contribution in [2.45, 2.75) is 12.2 Å². The zero-order valence-corrected chi connectivity index (χ0v) is 14.2. The van der Waals surface area contributed by atoms with Gasteiger partial charge < -0.3 is 24.6 Å². The molecule has 2 heterocycles. The SMILES string of the molecule is COCCC1(N)N=CC=C(Nc2cc(-c3ccc(OC)cc3)no2)N1. The molecule has 1 aliphatic heterocycles. The minimum absolute atomic E-state index is 0.494. The number of hydrogen-bond donors (Lipinski definition) is 3. The van der Waals surface area contributed by atoms with E-state index in [1.54, 1.807) is 26.5 Å². The molecule has 0 amide bonds. The van der Waals surface area contributed by atoms with Gasteiger partial charge in [-0.25, -0.2) is 0 Å². The number of aliphatic imine (C=N–C) groups is 1. The Bertz CT molecular complexity index is 769. The van der Waals surface area contributed by atoms with Crippen molar-refractivity contribution in [1.82, 2.24) is 10.5 Å². The lowest BCUT2D eigenvalue weighted by atomic mass is 10.1. The van der Waals surface area contributed by atoms with Crippen molar-refractivity contribution in [3.8, 4) is 17.0 Å². The summed E-state index contributed by atoms with van der Waals surface area (Å²) in [6.45, 7) is 0.498. The summed E-state index contributed by atoms with van der Waals surface area (Å²) in [5.41, 5.74) is 7.83.